The van der Waals surface area contributed by atoms with Gasteiger partial charge in [0.1, 0.15) is 43.2 Å². The molecule has 54 heavy (non-hydrogen) atoms. The fourth-order valence-corrected chi connectivity index (χ4v) is 4.72. The van der Waals surface area contributed by atoms with E-state index in [-0.39, 0.29) is 46.3 Å². The molecule has 7 N–H and O–H groups in total. The third kappa shape index (κ3) is 21.1. The van der Waals surface area contributed by atoms with Gasteiger partial charge in [-0.2, -0.15) is 13.5 Å². The number of hydrogen-bond acceptors (Lipinski definition) is 13. The number of aliphatic hydroxyl groups is 4. The van der Waals surface area contributed by atoms with Crippen LogP contribution >= 0.6 is 29.1 Å². The maximum absolute atomic E-state index is 12.7. The van der Waals surface area contributed by atoms with Crippen molar-refractivity contribution in [1.82, 2.24) is 0 Å². The summed E-state index contributed by atoms with van der Waals surface area (Å²) in [5.74, 6) is 48.4. The number of carbonyl (C=O) groups excluding carboxylic acids is 2. The highest BCUT2D eigenvalue weighted by atomic mass is 32.1. The molecular formula is C35H72O16P2S. The van der Waals surface area contributed by atoms with Crippen LogP contribution in [0.3, 0.4) is 0 Å². The summed E-state index contributed by atoms with van der Waals surface area (Å²) >= 11 is 0. The molecule has 0 aromatic heterocycles. The van der Waals surface area contributed by atoms with Crippen molar-refractivity contribution in [3.63, 3.8) is 0 Å². The quantitative estimate of drug-likeness (QED) is 0.0722. The van der Waals surface area contributed by atoms with E-state index in [0.717, 1.165) is 0 Å². The summed E-state index contributed by atoms with van der Waals surface area (Å²) in [5, 5.41) is 40.9. The minimum absolute atomic E-state index is 0. The molecule has 1 aliphatic carbocycles. The van der Waals surface area contributed by atoms with Gasteiger partial charge in [-0.15, -0.1) is 0 Å². The van der Waals surface area contributed by atoms with Gasteiger partial charge in [0.2, 0.25) is 0 Å². The molecule has 1 aliphatic rings. The second-order valence-corrected chi connectivity index (χ2v) is 11.6. The molecule has 324 valence electrons. The highest BCUT2D eigenvalue weighted by molar-refractivity contribution is 7.59. The molecule has 0 radical (unpaired) electrons. The standard InChI is InChI=1S/C35H24O16P2.H2S.23H2/c1-3-5-7-9-11-13-14-16-18-20-22-24-29(37)49-27(25-47-28(36)23-21-19-17-15-12-10-8-6-4-2)26-48-53(45,46)51-35-32(40)30(38)34(31(39)33(35)41)50-52(42,43)44;;;;;;;;;;;;;;;;;;;;;;;;/h27,30-35,38-41H,25-26H2,1-2H3,(H,45,46)(H2,42,43,44);1H2;23*1H/t27-,30-,31+,32?,33-,34?,35?;;;;;;;;;;;;;;;;;;;;;;;;/m1......................../s1. The summed E-state index contributed by atoms with van der Waals surface area (Å²) in [6.45, 7) is 1.24. The first-order chi connectivity index (χ1) is 25.1. The summed E-state index contributed by atoms with van der Waals surface area (Å²) < 4.78 is 47.3. The molecule has 1 saturated carbocycles. The molecule has 0 heterocycles. The van der Waals surface area contributed by atoms with Gasteiger partial charge in [0, 0.05) is 44.7 Å². The predicted molar refractivity (Wildman–Crippen MR) is 238 cm³/mol. The van der Waals surface area contributed by atoms with Crippen LogP contribution in [0.1, 0.15) is 46.7 Å². The van der Waals surface area contributed by atoms with Crippen molar-refractivity contribution in [2.45, 2.75) is 56.6 Å². The van der Waals surface area contributed by atoms with Crippen LogP contribution in [0, 0.1) is 130 Å². The Labute approximate surface area is 351 Å². The molecule has 0 aromatic rings. The van der Waals surface area contributed by atoms with Crippen molar-refractivity contribution in [1.29, 1.82) is 0 Å². The zero-order valence-corrected chi connectivity index (χ0v) is 30.4. The van der Waals surface area contributed by atoms with Gasteiger partial charge in [0.25, 0.3) is 0 Å². The zero-order chi connectivity index (χ0) is 39.7. The van der Waals surface area contributed by atoms with E-state index >= 15 is 0 Å². The first kappa shape index (κ1) is 48.5. The lowest BCUT2D eigenvalue weighted by Gasteiger charge is -2.43. The lowest BCUT2D eigenvalue weighted by molar-refractivity contribution is -0.216. The van der Waals surface area contributed by atoms with Gasteiger partial charge in [-0.05, 0) is 120 Å². The van der Waals surface area contributed by atoms with Gasteiger partial charge < -0.3 is 44.6 Å². The summed E-state index contributed by atoms with van der Waals surface area (Å²) in [7, 11) is -10.8. The maximum Gasteiger partial charge on any atom is 0.472 e. The Morgan fingerprint density at radius 1 is 0.574 bits per heavy atom. The monoisotopic (exact) mass is 842 g/mol. The van der Waals surface area contributed by atoms with E-state index < -0.39 is 83.5 Å². The van der Waals surface area contributed by atoms with Crippen molar-refractivity contribution in [3.8, 4) is 130 Å². The minimum atomic E-state index is -5.42. The number of rotatable bonds is 10. The van der Waals surface area contributed by atoms with Gasteiger partial charge in [-0.25, -0.2) is 18.7 Å². The SMILES string of the molecule is CC#CC#CC#CC#CC#CC#CC(=O)O[C@H](COC(=O)C#CC#CC#CC#CC#CC)COP(=O)(O)OC1C(O)[C@@H](O)C(OP(=O)(O)O)[C@@H](O)[C@H]1O.S.[HH].[HH].[HH].[HH].[HH].[HH].[HH].[HH].[HH].[HH].[HH].[HH].[HH].[HH].[HH].[HH].[HH].[HH].[HH].[HH].[HH].[HH].[HH]. The number of aliphatic hydroxyl groups excluding tert-OH is 4. The summed E-state index contributed by atoms with van der Waals surface area (Å²) in [6.07, 6.45) is -15.7. The molecule has 16 nitrogen and oxygen atoms in total. The predicted octanol–water partition coefficient (Wildman–Crippen LogP) is 2.73. The van der Waals surface area contributed by atoms with Gasteiger partial charge in [-0.3, -0.25) is 13.6 Å². The van der Waals surface area contributed by atoms with Crippen molar-refractivity contribution >= 4 is 41.1 Å². The van der Waals surface area contributed by atoms with E-state index in [9.17, 15) is 44.0 Å². The summed E-state index contributed by atoms with van der Waals surface area (Å²) in [4.78, 5) is 52.5. The van der Waals surface area contributed by atoms with Gasteiger partial charge >= 0.3 is 27.6 Å². The number of carbonyl (C=O) groups is 2. The van der Waals surface area contributed by atoms with Gasteiger partial charge in [-0.1, -0.05) is 11.8 Å². The summed E-state index contributed by atoms with van der Waals surface area (Å²) in [6, 6.07) is 0. The fourth-order valence-electron chi connectivity index (χ4n) is 3.18. The molecule has 4 unspecified atom stereocenters. The van der Waals surface area contributed by atoms with Crippen LogP contribution in [-0.2, 0) is 41.8 Å². The molecule has 19 heteroatoms. The molecular weight excluding hydrogens is 770 g/mol. The molecule has 0 saturated heterocycles. The largest absolute Gasteiger partial charge is 0.472 e. The molecule has 0 amide bonds. The first-order valence-electron chi connectivity index (χ1n) is 14.0. The van der Waals surface area contributed by atoms with Crippen LogP contribution in [-0.4, -0.2) is 103 Å². The second kappa shape index (κ2) is 26.3. The Morgan fingerprint density at radius 2 is 0.926 bits per heavy atom. The molecule has 0 aliphatic heterocycles. The van der Waals surface area contributed by atoms with Crippen molar-refractivity contribution < 1.29 is 110 Å². The van der Waals surface area contributed by atoms with Crippen LogP contribution in [0.4, 0.5) is 0 Å². The van der Waals surface area contributed by atoms with Crippen molar-refractivity contribution in [2.24, 2.45) is 0 Å². The number of hydrogen-bond donors (Lipinski definition) is 7. The molecule has 8 atom stereocenters. The van der Waals surface area contributed by atoms with Crippen molar-refractivity contribution in [3.05, 3.63) is 0 Å². The Bertz CT molecular complexity index is 2260. The van der Waals surface area contributed by atoms with E-state index in [2.05, 4.69) is 127 Å². The van der Waals surface area contributed by atoms with Gasteiger partial charge in [0.05, 0.1) is 6.61 Å². The topological polar surface area (TPSA) is 256 Å². The number of phosphoric ester groups is 2. The Hall–Kier alpha value is -5.49. The van der Waals surface area contributed by atoms with Crippen LogP contribution in [0.5, 0.6) is 0 Å². The maximum atomic E-state index is 12.7. The van der Waals surface area contributed by atoms with E-state index in [1.807, 2.05) is 11.8 Å². The lowest BCUT2D eigenvalue weighted by atomic mass is 9.85. The van der Waals surface area contributed by atoms with Gasteiger partial charge in [0.15, 0.2) is 6.10 Å². The normalized spacial score (nSPS) is 20.0. The third-order valence-corrected chi connectivity index (χ3v) is 6.74. The molecule has 1 rings (SSSR count). The van der Waals surface area contributed by atoms with E-state index in [4.69, 9.17) is 23.8 Å². The van der Waals surface area contributed by atoms with Crippen LogP contribution in [0.25, 0.3) is 0 Å². The number of ether oxygens (including phenoxy) is 2. The van der Waals surface area contributed by atoms with E-state index in [0.29, 0.717) is 0 Å². The molecule has 0 bridgehead atoms. The van der Waals surface area contributed by atoms with Crippen LogP contribution < -0.4 is 0 Å². The first-order valence-corrected chi connectivity index (χ1v) is 17.0. The van der Waals surface area contributed by atoms with E-state index in [1.54, 1.807) is 13.8 Å². The van der Waals surface area contributed by atoms with Crippen LogP contribution in [0.2, 0.25) is 0 Å². The smallest absolute Gasteiger partial charge is 0.452 e. The number of phosphoric acid groups is 2. The zero-order valence-electron chi connectivity index (χ0n) is 27.7. The fraction of sp³-hybridized carbons (Fsp3) is 0.314. The second-order valence-electron chi connectivity index (χ2n) is 8.98. The molecule has 1 fully saturated rings. The molecule has 0 aromatic carbocycles. The Kier molecular flexibility index (Phi) is 23.6. The Morgan fingerprint density at radius 3 is 1.31 bits per heavy atom. The third-order valence-electron chi connectivity index (χ3n) is 5.24. The minimum Gasteiger partial charge on any atom is -0.452 e. The summed E-state index contributed by atoms with van der Waals surface area (Å²) in [5.41, 5.74) is 0. The molecule has 0 spiro atoms. The Balaban J connectivity index is -0.0000000532. The van der Waals surface area contributed by atoms with Crippen molar-refractivity contribution in [2.75, 3.05) is 13.2 Å². The number of esters is 2. The highest BCUT2D eigenvalue weighted by Gasteiger charge is 2.54. The highest BCUT2D eigenvalue weighted by Crippen LogP contribution is 2.48. The van der Waals surface area contributed by atoms with Crippen LogP contribution in [0.15, 0.2) is 0 Å². The lowest BCUT2D eigenvalue weighted by Crippen LogP contribution is -2.64. The average molecular weight is 843 g/mol. The van der Waals surface area contributed by atoms with E-state index in [1.165, 1.54) is 0 Å². The average Bonchev–Trinajstić information content (AvgIpc) is 3.10.